The number of pyridine rings is 1. The fraction of sp³-hybridized carbons (Fsp3) is 0.222. The zero-order chi connectivity index (χ0) is 10.6. The Morgan fingerprint density at radius 2 is 2.13 bits per heavy atom. The fourth-order valence-corrected chi connectivity index (χ4v) is 3.05. The summed E-state index contributed by atoms with van der Waals surface area (Å²) in [6.45, 7) is 1.97. The van der Waals surface area contributed by atoms with Crippen molar-refractivity contribution in [1.82, 2.24) is 19.5 Å². The molecule has 0 unspecified atom stereocenters. The van der Waals surface area contributed by atoms with Gasteiger partial charge in [0.2, 0.25) is 0 Å². The lowest BCUT2D eigenvalue weighted by molar-refractivity contribution is 0.949. The molecule has 0 amide bonds. The van der Waals surface area contributed by atoms with E-state index in [2.05, 4.69) is 30.9 Å². The maximum Gasteiger partial charge on any atom is 0.161 e. The van der Waals surface area contributed by atoms with Crippen LogP contribution in [0.2, 0.25) is 0 Å². The van der Waals surface area contributed by atoms with Crippen molar-refractivity contribution in [2.75, 3.05) is 0 Å². The highest BCUT2D eigenvalue weighted by molar-refractivity contribution is 9.11. The Morgan fingerprint density at radius 1 is 1.33 bits per heavy atom. The van der Waals surface area contributed by atoms with Gasteiger partial charge in [0.25, 0.3) is 0 Å². The Bertz CT molecular complexity index is 669. The van der Waals surface area contributed by atoms with Gasteiger partial charge < -0.3 is 4.57 Å². The topological polar surface area (TPSA) is 43.6 Å². The molecule has 0 N–H and O–H groups in total. The van der Waals surface area contributed by atoms with Crippen molar-refractivity contribution in [3.05, 3.63) is 15.9 Å². The number of nitrogens with zero attached hydrogens (tertiary/aromatic N) is 4. The number of halogens is 1. The van der Waals surface area contributed by atoms with E-state index in [1.165, 1.54) is 0 Å². The van der Waals surface area contributed by atoms with Crippen LogP contribution in [0.25, 0.3) is 21.4 Å². The number of rotatable bonds is 0. The Hall–Kier alpha value is -1.01. The van der Waals surface area contributed by atoms with Crippen LogP contribution in [0.5, 0.6) is 0 Å². The standard InChI is InChI=1S/C9H7BrN4S/c1-4-5-7(14(2)3-11-5)6-8(12-4)15-9(10)13-6/h3H,1-2H3. The fourth-order valence-electron chi connectivity index (χ4n) is 1.70. The lowest BCUT2D eigenvalue weighted by Crippen LogP contribution is -1.89. The predicted octanol–water partition coefficient (Wildman–Crippen LogP) is 2.65. The molecule has 0 fully saturated rings. The summed E-state index contributed by atoms with van der Waals surface area (Å²) in [5.41, 5.74) is 3.86. The largest absolute Gasteiger partial charge is 0.332 e. The van der Waals surface area contributed by atoms with E-state index < -0.39 is 0 Å². The molecule has 0 spiro atoms. The van der Waals surface area contributed by atoms with Crippen LogP contribution in [0.1, 0.15) is 5.69 Å². The molecule has 0 bridgehead atoms. The molecular weight excluding hydrogens is 276 g/mol. The zero-order valence-corrected chi connectivity index (χ0v) is 10.6. The van der Waals surface area contributed by atoms with Crippen LogP contribution in [-0.2, 0) is 7.05 Å². The number of aryl methyl sites for hydroxylation is 2. The molecule has 0 aliphatic heterocycles. The van der Waals surface area contributed by atoms with Crippen LogP contribution in [0, 0.1) is 6.92 Å². The van der Waals surface area contributed by atoms with Gasteiger partial charge in [0.05, 0.1) is 17.5 Å². The monoisotopic (exact) mass is 282 g/mol. The number of aromatic nitrogens is 4. The smallest absolute Gasteiger partial charge is 0.161 e. The van der Waals surface area contributed by atoms with E-state index >= 15 is 0 Å². The van der Waals surface area contributed by atoms with Crippen molar-refractivity contribution in [2.24, 2.45) is 7.05 Å². The molecule has 6 heteroatoms. The van der Waals surface area contributed by atoms with E-state index in [1.807, 2.05) is 18.5 Å². The third-order valence-corrected chi connectivity index (χ3v) is 3.76. The molecule has 3 aromatic heterocycles. The average molecular weight is 283 g/mol. The molecule has 0 atom stereocenters. The van der Waals surface area contributed by atoms with Crippen molar-refractivity contribution in [2.45, 2.75) is 6.92 Å². The molecule has 0 aliphatic carbocycles. The van der Waals surface area contributed by atoms with E-state index in [0.29, 0.717) is 0 Å². The lowest BCUT2D eigenvalue weighted by Gasteiger charge is -1.97. The minimum Gasteiger partial charge on any atom is -0.332 e. The molecule has 0 radical (unpaired) electrons. The maximum atomic E-state index is 4.49. The number of fused-ring (bicyclic) bond motifs is 3. The van der Waals surface area contributed by atoms with E-state index in [-0.39, 0.29) is 0 Å². The van der Waals surface area contributed by atoms with Gasteiger partial charge in [-0.15, -0.1) is 0 Å². The summed E-state index contributed by atoms with van der Waals surface area (Å²) in [5, 5.41) is 0. The SMILES string of the molecule is Cc1nc2sc(Br)nc2c2c1ncn2C. The summed E-state index contributed by atoms with van der Waals surface area (Å²) in [4.78, 5) is 14.2. The average Bonchev–Trinajstić information content (AvgIpc) is 2.69. The Balaban J connectivity index is 2.66. The van der Waals surface area contributed by atoms with Gasteiger partial charge in [-0.25, -0.2) is 15.0 Å². The van der Waals surface area contributed by atoms with Gasteiger partial charge in [-0.3, -0.25) is 0 Å². The first-order chi connectivity index (χ1) is 7.16. The van der Waals surface area contributed by atoms with Gasteiger partial charge in [0, 0.05) is 7.05 Å². The van der Waals surface area contributed by atoms with Crippen LogP contribution in [0.4, 0.5) is 0 Å². The van der Waals surface area contributed by atoms with Crippen molar-refractivity contribution in [1.29, 1.82) is 0 Å². The first-order valence-corrected chi connectivity index (χ1v) is 6.01. The number of imidazole rings is 1. The third-order valence-electron chi connectivity index (χ3n) is 2.36. The van der Waals surface area contributed by atoms with Gasteiger partial charge in [-0.1, -0.05) is 11.3 Å². The molecule has 0 saturated heterocycles. The zero-order valence-electron chi connectivity index (χ0n) is 8.15. The minimum absolute atomic E-state index is 0.859. The summed E-state index contributed by atoms with van der Waals surface area (Å²) in [6, 6.07) is 0. The van der Waals surface area contributed by atoms with Crippen molar-refractivity contribution in [3.63, 3.8) is 0 Å². The van der Waals surface area contributed by atoms with E-state index in [1.54, 1.807) is 17.7 Å². The van der Waals surface area contributed by atoms with Crippen LogP contribution < -0.4 is 0 Å². The van der Waals surface area contributed by atoms with E-state index in [0.717, 1.165) is 31.0 Å². The van der Waals surface area contributed by atoms with Gasteiger partial charge in [-0.2, -0.15) is 0 Å². The van der Waals surface area contributed by atoms with Crippen molar-refractivity contribution >= 4 is 48.6 Å². The molecule has 0 saturated carbocycles. The second-order valence-electron chi connectivity index (χ2n) is 3.37. The molecule has 3 heterocycles. The third kappa shape index (κ3) is 1.21. The molecule has 0 aromatic carbocycles. The Kier molecular flexibility index (Phi) is 1.84. The van der Waals surface area contributed by atoms with Crippen LogP contribution >= 0.6 is 27.3 Å². The molecule has 3 aromatic rings. The van der Waals surface area contributed by atoms with E-state index in [9.17, 15) is 0 Å². The van der Waals surface area contributed by atoms with Crippen molar-refractivity contribution in [3.8, 4) is 0 Å². The van der Waals surface area contributed by atoms with Crippen molar-refractivity contribution < 1.29 is 0 Å². The summed E-state index contributed by atoms with van der Waals surface area (Å²) in [7, 11) is 1.97. The summed E-state index contributed by atoms with van der Waals surface area (Å²) in [5.74, 6) is 0. The molecule has 76 valence electrons. The Morgan fingerprint density at radius 3 is 2.93 bits per heavy atom. The highest BCUT2D eigenvalue weighted by Gasteiger charge is 2.13. The lowest BCUT2D eigenvalue weighted by atomic mass is 10.3. The highest BCUT2D eigenvalue weighted by Crippen LogP contribution is 2.30. The second-order valence-corrected chi connectivity index (χ2v) is 5.62. The highest BCUT2D eigenvalue weighted by atomic mass is 79.9. The molecule has 3 rings (SSSR count). The second kappa shape index (κ2) is 2.99. The number of hydrogen-bond acceptors (Lipinski definition) is 4. The molecule has 0 aliphatic rings. The first kappa shape index (κ1) is 9.23. The predicted molar refractivity (Wildman–Crippen MR) is 64.1 cm³/mol. The normalized spacial score (nSPS) is 11.7. The Labute approximate surface area is 98.1 Å². The first-order valence-electron chi connectivity index (χ1n) is 4.40. The van der Waals surface area contributed by atoms with Gasteiger partial charge >= 0.3 is 0 Å². The molecule has 15 heavy (non-hydrogen) atoms. The summed E-state index contributed by atoms with van der Waals surface area (Å²) >= 11 is 4.93. The van der Waals surface area contributed by atoms with Gasteiger partial charge in [-0.05, 0) is 22.9 Å². The minimum atomic E-state index is 0.859. The number of hydrogen-bond donors (Lipinski definition) is 0. The van der Waals surface area contributed by atoms with Crippen LogP contribution in [0.15, 0.2) is 10.2 Å². The van der Waals surface area contributed by atoms with Crippen LogP contribution in [0.3, 0.4) is 0 Å². The van der Waals surface area contributed by atoms with Crippen LogP contribution in [-0.4, -0.2) is 19.5 Å². The maximum absolute atomic E-state index is 4.49. The number of thiazole rings is 1. The molecular formula is C9H7BrN4S. The van der Waals surface area contributed by atoms with E-state index in [4.69, 9.17) is 0 Å². The summed E-state index contributed by atoms with van der Waals surface area (Å²) < 4.78 is 2.84. The quantitative estimate of drug-likeness (QED) is 0.637. The van der Waals surface area contributed by atoms with Gasteiger partial charge in [0.15, 0.2) is 3.92 Å². The molecule has 4 nitrogen and oxygen atoms in total. The summed E-state index contributed by atoms with van der Waals surface area (Å²) in [6.07, 6.45) is 1.80. The van der Waals surface area contributed by atoms with Gasteiger partial charge in [0.1, 0.15) is 15.9 Å².